The van der Waals surface area contributed by atoms with Crippen LogP contribution >= 0.6 is 0 Å². The summed E-state index contributed by atoms with van der Waals surface area (Å²) in [6.45, 7) is 5.78. The molecule has 0 spiro atoms. The Morgan fingerprint density at radius 3 is 2.85 bits per heavy atom. The monoisotopic (exact) mass is 273 g/mol. The van der Waals surface area contributed by atoms with Gasteiger partial charge in [-0.1, -0.05) is 0 Å². The Hall–Kier alpha value is -1.55. The molecule has 0 saturated carbocycles. The number of nitrogens with one attached hydrogen (secondary N) is 2. The molecule has 2 N–H and O–H groups in total. The maximum atomic E-state index is 11.6. The van der Waals surface area contributed by atoms with Gasteiger partial charge in [0, 0.05) is 37.4 Å². The standard InChI is InChI=1S/C16H23N3O/c1-11-9-12(16(20)17-2)3-4-14(11)18-15-6-8-19-7-5-13(15)10-19/h3-4,9,13,15,18H,5-8,10H2,1-2H3,(H,17,20). The maximum Gasteiger partial charge on any atom is 0.251 e. The van der Waals surface area contributed by atoms with Crippen LogP contribution in [-0.4, -0.2) is 43.5 Å². The van der Waals surface area contributed by atoms with Crippen LogP contribution in [0.4, 0.5) is 5.69 Å². The van der Waals surface area contributed by atoms with Crippen LogP contribution in [0.3, 0.4) is 0 Å². The van der Waals surface area contributed by atoms with Crippen molar-refractivity contribution in [2.45, 2.75) is 25.8 Å². The summed E-state index contributed by atoms with van der Waals surface area (Å²) in [5.41, 5.74) is 3.04. The van der Waals surface area contributed by atoms with Crippen LogP contribution < -0.4 is 10.6 Å². The Labute approximate surface area is 120 Å². The van der Waals surface area contributed by atoms with E-state index >= 15 is 0 Å². The molecule has 20 heavy (non-hydrogen) atoms. The lowest BCUT2D eigenvalue weighted by Gasteiger charge is -2.32. The van der Waals surface area contributed by atoms with E-state index in [1.165, 1.54) is 38.2 Å². The summed E-state index contributed by atoms with van der Waals surface area (Å²) in [4.78, 5) is 14.2. The van der Waals surface area contributed by atoms with Gasteiger partial charge in [0.2, 0.25) is 0 Å². The molecule has 1 aromatic carbocycles. The molecule has 4 nitrogen and oxygen atoms in total. The van der Waals surface area contributed by atoms with Gasteiger partial charge in [-0.2, -0.15) is 0 Å². The number of anilines is 1. The van der Waals surface area contributed by atoms with Gasteiger partial charge in [-0.25, -0.2) is 0 Å². The molecule has 2 heterocycles. The summed E-state index contributed by atoms with van der Waals surface area (Å²) in [7, 11) is 1.66. The molecule has 2 fully saturated rings. The van der Waals surface area contributed by atoms with E-state index in [9.17, 15) is 4.79 Å². The van der Waals surface area contributed by atoms with Crippen molar-refractivity contribution in [1.82, 2.24) is 10.2 Å². The zero-order chi connectivity index (χ0) is 14.1. The SMILES string of the molecule is CNC(=O)c1ccc(NC2CCN3CCC2C3)c(C)c1. The number of aryl methyl sites for hydroxylation is 1. The molecule has 0 aromatic heterocycles. The summed E-state index contributed by atoms with van der Waals surface area (Å²) in [6, 6.07) is 6.49. The van der Waals surface area contributed by atoms with E-state index in [1.807, 2.05) is 18.2 Å². The molecule has 3 rings (SSSR count). The molecule has 3 unspecified atom stereocenters. The van der Waals surface area contributed by atoms with Gasteiger partial charge >= 0.3 is 0 Å². The number of rotatable bonds is 3. The van der Waals surface area contributed by atoms with Crippen molar-refractivity contribution in [1.29, 1.82) is 0 Å². The van der Waals surface area contributed by atoms with Crippen LogP contribution in [0.1, 0.15) is 28.8 Å². The number of nitrogens with zero attached hydrogens (tertiary/aromatic N) is 1. The van der Waals surface area contributed by atoms with Crippen molar-refractivity contribution in [2.75, 3.05) is 32.0 Å². The van der Waals surface area contributed by atoms with E-state index in [-0.39, 0.29) is 5.91 Å². The first-order valence-electron chi connectivity index (χ1n) is 7.49. The van der Waals surface area contributed by atoms with Crippen molar-refractivity contribution in [3.8, 4) is 0 Å². The Morgan fingerprint density at radius 2 is 2.10 bits per heavy atom. The minimum atomic E-state index is -0.0243. The molecule has 2 saturated heterocycles. The number of carbonyl (C=O) groups excluding carboxylic acids is 1. The second-order valence-corrected chi connectivity index (χ2v) is 6.00. The number of hydrogen-bond donors (Lipinski definition) is 2. The Morgan fingerprint density at radius 1 is 1.30 bits per heavy atom. The van der Waals surface area contributed by atoms with Crippen molar-refractivity contribution in [2.24, 2.45) is 5.92 Å². The van der Waals surface area contributed by atoms with Crippen molar-refractivity contribution >= 4 is 11.6 Å². The number of piperidine rings is 1. The first-order valence-corrected chi connectivity index (χ1v) is 7.49. The fraction of sp³-hybridized carbons (Fsp3) is 0.562. The van der Waals surface area contributed by atoms with Gasteiger partial charge in [0.1, 0.15) is 0 Å². The predicted molar refractivity (Wildman–Crippen MR) is 81.1 cm³/mol. The Balaban J connectivity index is 1.72. The van der Waals surface area contributed by atoms with Gasteiger partial charge in [0.15, 0.2) is 0 Å². The molecule has 1 amide bonds. The summed E-state index contributed by atoms with van der Waals surface area (Å²) in [5.74, 6) is 0.755. The Bertz CT molecular complexity index is 514. The van der Waals surface area contributed by atoms with Gasteiger partial charge in [0.05, 0.1) is 0 Å². The van der Waals surface area contributed by atoms with Crippen molar-refractivity contribution in [3.05, 3.63) is 29.3 Å². The second-order valence-electron chi connectivity index (χ2n) is 6.00. The van der Waals surface area contributed by atoms with Gasteiger partial charge in [-0.15, -0.1) is 0 Å². The highest BCUT2D eigenvalue weighted by Crippen LogP contribution is 2.30. The third-order valence-corrected chi connectivity index (χ3v) is 4.69. The molecule has 108 valence electrons. The highest BCUT2D eigenvalue weighted by Gasteiger charge is 2.34. The summed E-state index contributed by atoms with van der Waals surface area (Å²) in [6.07, 6.45) is 2.54. The normalized spacial score (nSPS) is 28.2. The van der Waals surface area contributed by atoms with E-state index in [0.717, 1.165) is 17.0 Å². The molecule has 1 aromatic rings. The second kappa shape index (κ2) is 5.44. The zero-order valence-corrected chi connectivity index (χ0v) is 12.3. The van der Waals surface area contributed by atoms with Gasteiger partial charge in [-0.05, 0) is 56.0 Å². The summed E-state index contributed by atoms with van der Waals surface area (Å²) >= 11 is 0. The molecule has 2 aliphatic heterocycles. The summed E-state index contributed by atoms with van der Waals surface area (Å²) in [5, 5.41) is 6.37. The van der Waals surface area contributed by atoms with E-state index in [2.05, 4.69) is 22.5 Å². The number of hydrogen-bond acceptors (Lipinski definition) is 3. The lowest BCUT2D eigenvalue weighted by atomic mass is 9.93. The summed E-state index contributed by atoms with van der Waals surface area (Å²) < 4.78 is 0. The van der Waals surface area contributed by atoms with Crippen LogP contribution in [-0.2, 0) is 0 Å². The molecule has 2 bridgehead atoms. The van der Waals surface area contributed by atoms with E-state index in [4.69, 9.17) is 0 Å². The fourth-order valence-electron chi connectivity index (χ4n) is 3.45. The molecular formula is C16H23N3O. The highest BCUT2D eigenvalue weighted by atomic mass is 16.1. The van der Waals surface area contributed by atoms with Gasteiger partial charge in [-0.3, -0.25) is 4.79 Å². The van der Waals surface area contributed by atoms with Gasteiger partial charge < -0.3 is 15.5 Å². The molecule has 0 aliphatic carbocycles. The minimum Gasteiger partial charge on any atom is -0.382 e. The maximum absolute atomic E-state index is 11.6. The lowest BCUT2D eigenvalue weighted by molar-refractivity contribution is 0.0963. The number of fused-ring (bicyclic) bond motifs is 2. The van der Waals surface area contributed by atoms with Crippen molar-refractivity contribution in [3.63, 3.8) is 0 Å². The fourth-order valence-corrected chi connectivity index (χ4v) is 3.45. The quantitative estimate of drug-likeness (QED) is 0.883. The predicted octanol–water partition coefficient (Wildman–Crippen LogP) is 1.86. The van der Waals surface area contributed by atoms with Crippen LogP contribution in [0.15, 0.2) is 18.2 Å². The zero-order valence-electron chi connectivity index (χ0n) is 12.3. The minimum absolute atomic E-state index is 0.0243. The van der Waals surface area contributed by atoms with E-state index in [0.29, 0.717) is 6.04 Å². The third kappa shape index (κ3) is 2.52. The number of benzene rings is 1. The van der Waals surface area contributed by atoms with Crippen LogP contribution in [0.25, 0.3) is 0 Å². The molecule has 3 atom stereocenters. The lowest BCUT2D eigenvalue weighted by Crippen LogP contribution is -2.39. The average Bonchev–Trinajstić information content (AvgIpc) is 2.85. The largest absolute Gasteiger partial charge is 0.382 e. The van der Waals surface area contributed by atoms with Crippen LogP contribution in [0.2, 0.25) is 0 Å². The van der Waals surface area contributed by atoms with Crippen LogP contribution in [0.5, 0.6) is 0 Å². The average molecular weight is 273 g/mol. The van der Waals surface area contributed by atoms with Crippen LogP contribution in [0, 0.1) is 12.8 Å². The first-order chi connectivity index (χ1) is 9.67. The molecular weight excluding hydrogens is 250 g/mol. The van der Waals surface area contributed by atoms with E-state index in [1.54, 1.807) is 7.05 Å². The number of amides is 1. The highest BCUT2D eigenvalue weighted by molar-refractivity contribution is 5.94. The first kappa shape index (κ1) is 13.4. The third-order valence-electron chi connectivity index (χ3n) is 4.69. The Kier molecular flexibility index (Phi) is 3.66. The molecule has 4 heteroatoms. The molecule has 2 aliphatic rings. The van der Waals surface area contributed by atoms with Crippen molar-refractivity contribution < 1.29 is 4.79 Å². The molecule has 0 radical (unpaired) electrons. The smallest absolute Gasteiger partial charge is 0.251 e. The van der Waals surface area contributed by atoms with Gasteiger partial charge in [0.25, 0.3) is 5.91 Å². The van der Waals surface area contributed by atoms with E-state index < -0.39 is 0 Å². The number of carbonyl (C=O) groups is 1. The topological polar surface area (TPSA) is 44.4 Å².